The Kier molecular flexibility index (Phi) is 4.92. The third-order valence-corrected chi connectivity index (χ3v) is 4.69. The molecule has 1 N–H and O–H groups in total. The number of piperazine rings is 1. The van der Waals surface area contributed by atoms with Crippen LogP contribution >= 0.6 is 0 Å². The summed E-state index contributed by atoms with van der Waals surface area (Å²) in [5.74, 6) is 2.33. The van der Waals surface area contributed by atoms with Crippen LogP contribution in [0.2, 0.25) is 0 Å². The van der Waals surface area contributed by atoms with E-state index in [4.69, 9.17) is 4.74 Å². The molecule has 0 spiro atoms. The van der Waals surface area contributed by atoms with E-state index in [0.29, 0.717) is 25.5 Å². The fourth-order valence-corrected chi connectivity index (χ4v) is 3.26. The van der Waals surface area contributed by atoms with Gasteiger partial charge in [0, 0.05) is 39.0 Å². The minimum atomic E-state index is -0.238. The number of pyridine rings is 1. The molecule has 0 aromatic carbocycles. The molecule has 2 aliphatic rings. The SMILES string of the molecule is O=C(C1CCCO1)N1CCN(c2ccc(Nc3ccccn3)nn2)CC1. The lowest BCUT2D eigenvalue weighted by Gasteiger charge is -2.36. The predicted octanol–water partition coefficient (Wildman–Crippen LogP) is 1.44. The van der Waals surface area contributed by atoms with Crippen LogP contribution in [0.1, 0.15) is 12.8 Å². The molecule has 2 aromatic heterocycles. The minimum absolute atomic E-state index is 0.128. The number of anilines is 3. The van der Waals surface area contributed by atoms with Gasteiger partial charge in [0.25, 0.3) is 5.91 Å². The van der Waals surface area contributed by atoms with Crippen molar-refractivity contribution in [3.63, 3.8) is 0 Å². The van der Waals surface area contributed by atoms with Crippen LogP contribution in [-0.4, -0.2) is 64.9 Å². The molecule has 2 fully saturated rings. The van der Waals surface area contributed by atoms with Gasteiger partial charge in [0.05, 0.1) is 0 Å². The average molecular weight is 354 g/mol. The fraction of sp³-hybridized carbons (Fsp3) is 0.444. The molecular formula is C18H22N6O2. The van der Waals surface area contributed by atoms with Crippen LogP contribution in [0.5, 0.6) is 0 Å². The Labute approximate surface area is 152 Å². The molecule has 1 unspecified atom stereocenters. The number of ether oxygens (including phenoxy) is 1. The minimum Gasteiger partial charge on any atom is -0.368 e. The van der Waals surface area contributed by atoms with Gasteiger partial charge in [0.15, 0.2) is 11.6 Å². The Balaban J connectivity index is 1.32. The van der Waals surface area contributed by atoms with Gasteiger partial charge < -0.3 is 19.9 Å². The van der Waals surface area contributed by atoms with Gasteiger partial charge in [-0.1, -0.05) is 6.07 Å². The van der Waals surface area contributed by atoms with Crippen LogP contribution < -0.4 is 10.2 Å². The van der Waals surface area contributed by atoms with E-state index in [-0.39, 0.29) is 12.0 Å². The number of rotatable bonds is 4. The fourth-order valence-electron chi connectivity index (χ4n) is 3.26. The third kappa shape index (κ3) is 3.75. The summed E-state index contributed by atoms with van der Waals surface area (Å²) < 4.78 is 5.50. The highest BCUT2D eigenvalue weighted by atomic mass is 16.5. The van der Waals surface area contributed by atoms with E-state index in [2.05, 4.69) is 25.4 Å². The molecule has 0 aliphatic carbocycles. The van der Waals surface area contributed by atoms with Gasteiger partial charge in [0.1, 0.15) is 11.9 Å². The molecule has 0 bridgehead atoms. The zero-order valence-electron chi connectivity index (χ0n) is 14.5. The molecule has 1 atom stereocenters. The summed E-state index contributed by atoms with van der Waals surface area (Å²) in [5, 5.41) is 11.6. The molecule has 1 amide bonds. The van der Waals surface area contributed by atoms with Crippen molar-refractivity contribution in [2.45, 2.75) is 18.9 Å². The number of hydrogen-bond acceptors (Lipinski definition) is 7. The maximum absolute atomic E-state index is 12.4. The van der Waals surface area contributed by atoms with E-state index in [1.165, 1.54) is 0 Å². The Morgan fingerprint density at radius 2 is 1.96 bits per heavy atom. The van der Waals surface area contributed by atoms with Gasteiger partial charge >= 0.3 is 0 Å². The smallest absolute Gasteiger partial charge is 0.251 e. The summed E-state index contributed by atoms with van der Waals surface area (Å²) in [5.41, 5.74) is 0. The number of aromatic nitrogens is 3. The van der Waals surface area contributed by atoms with Gasteiger partial charge in [-0.25, -0.2) is 4.98 Å². The van der Waals surface area contributed by atoms with Gasteiger partial charge in [-0.15, -0.1) is 10.2 Å². The lowest BCUT2D eigenvalue weighted by molar-refractivity contribution is -0.141. The molecule has 0 saturated carbocycles. The van der Waals surface area contributed by atoms with E-state index < -0.39 is 0 Å². The van der Waals surface area contributed by atoms with Crippen molar-refractivity contribution >= 4 is 23.4 Å². The van der Waals surface area contributed by atoms with Gasteiger partial charge in [0.2, 0.25) is 0 Å². The van der Waals surface area contributed by atoms with Crippen LogP contribution in [0.25, 0.3) is 0 Å². The summed E-state index contributed by atoms with van der Waals surface area (Å²) >= 11 is 0. The number of carbonyl (C=O) groups excluding carboxylic acids is 1. The lowest BCUT2D eigenvalue weighted by Crippen LogP contribution is -2.51. The third-order valence-electron chi connectivity index (χ3n) is 4.69. The monoisotopic (exact) mass is 354 g/mol. The largest absolute Gasteiger partial charge is 0.368 e. The number of carbonyl (C=O) groups is 1. The number of hydrogen-bond donors (Lipinski definition) is 1. The summed E-state index contributed by atoms with van der Waals surface area (Å²) in [6.07, 6.45) is 3.31. The number of nitrogens with zero attached hydrogens (tertiary/aromatic N) is 5. The van der Waals surface area contributed by atoms with Crippen molar-refractivity contribution in [1.82, 2.24) is 20.1 Å². The second-order valence-corrected chi connectivity index (χ2v) is 6.43. The molecule has 2 aromatic rings. The lowest BCUT2D eigenvalue weighted by atomic mass is 10.2. The van der Waals surface area contributed by atoms with Gasteiger partial charge in [-0.05, 0) is 37.1 Å². The molecule has 136 valence electrons. The van der Waals surface area contributed by atoms with Gasteiger partial charge in [-0.3, -0.25) is 4.79 Å². The first-order chi connectivity index (χ1) is 12.8. The zero-order chi connectivity index (χ0) is 17.8. The highest BCUT2D eigenvalue weighted by Gasteiger charge is 2.30. The quantitative estimate of drug-likeness (QED) is 0.889. The summed E-state index contributed by atoms with van der Waals surface area (Å²) in [7, 11) is 0. The number of nitrogens with one attached hydrogen (secondary N) is 1. The second-order valence-electron chi connectivity index (χ2n) is 6.43. The van der Waals surface area contributed by atoms with Crippen molar-refractivity contribution in [1.29, 1.82) is 0 Å². The van der Waals surface area contributed by atoms with Crippen molar-refractivity contribution in [2.75, 3.05) is 43.0 Å². The molecule has 4 heterocycles. The first kappa shape index (κ1) is 16.7. The molecule has 8 nitrogen and oxygen atoms in total. The van der Waals surface area contributed by atoms with Crippen LogP contribution in [0.4, 0.5) is 17.5 Å². The Hall–Kier alpha value is -2.74. The Bertz CT molecular complexity index is 725. The molecule has 2 saturated heterocycles. The molecule has 0 radical (unpaired) electrons. The molecular weight excluding hydrogens is 332 g/mol. The summed E-state index contributed by atoms with van der Waals surface area (Å²) in [6.45, 7) is 3.58. The van der Waals surface area contributed by atoms with Crippen LogP contribution in [0, 0.1) is 0 Å². The summed E-state index contributed by atoms with van der Waals surface area (Å²) in [6, 6.07) is 9.48. The highest BCUT2D eigenvalue weighted by molar-refractivity contribution is 5.81. The van der Waals surface area contributed by atoms with Crippen LogP contribution in [-0.2, 0) is 9.53 Å². The van der Waals surface area contributed by atoms with Crippen molar-refractivity contribution in [3.05, 3.63) is 36.5 Å². The summed E-state index contributed by atoms with van der Waals surface area (Å²) in [4.78, 5) is 20.7. The first-order valence-corrected chi connectivity index (χ1v) is 8.97. The normalized spacial score (nSPS) is 20.2. The highest BCUT2D eigenvalue weighted by Crippen LogP contribution is 2.19. The van der Waals surface area contributed by atoms with E-state index in [9.17, 15) is 4.79 Å². The zero-order valence-corrected chi connectivity index (χ0v) is 14.5. The van der Waals surface area contributed by atoms with E-state index in [0.717, 1.165) is 37.6 Å². The standard InChI is InChI=1S/C18H22N6O2/c25-18(14-4-3-13-26-14)24-11-9-23(10-12-24)17-7-6-16(21-22-17)20-15-5-1-2-8-19-15/h1-2,5-8,14H,3-4,9-13H2,(H,19,20,21). The van der Waals surface area contributed by atoms with E-state index >= 15 is 0 Å². The maximum Gasteiger partial charge on any atom is 0.251 e. The molecule has 2 aliphatic heterocycles. The van der Waals surface area contributed by atoms with Crippen LogP contribution in [0.15, 0.2) is 36.5 Å². The van der Waals surface area contributed by atoms with Crippen molar-refractivity contribution in [2.24, 2.45) is 0 Å². The van der Waals surface area contributed by atoms with Crippen molar-refractivity contribution in [3.8, 4) is 0 Å². The second kappa shape index (κ2) is 7.65. The molecule has 4 rings (SSSR count). The molecule has 26 heavy (non-hydrogen) atoms. The van der Waals surface area contributed by atoms with Crippen molar-refractivity contribution < 1.29 is 9.53 Å². The Morgan fingerprint density at radius 3 is 2.62 bits per heavy atom. The first-order valence-electron chi connectivity index (χ1n) is 8.97. The van der Waals surface area contributed by atoms with Gasteiger partial charge in [-0.2, -0.15) is 0 Å². The topological polar surface area (TPSA) is 83.5 Å². The predicted molar refractivity (Wildman–Crippen MR) is 97.3 cm³/mol. The van der Waals surface area contributed by atoms with Crippen LogP contribution in [0.3, 0.4) is 0 Å². The van der Waals surface area contributed by atoms with E-state index in [1.54, 1.807) is 6.20 Å². The van der Waals surface area contributed by atoms with E-state index in [1.807, 2.05) is 35.2 Å². The average Bonchev–Trinajstić information content (AvgIpc) is 3.24. The molecule has 8 heteroatoms. The Morgan fingerprint density at radius 1 is 1.08 bits per heavy atom. The number of amides is 1. The maximum atomic E-state index is 12.4.